The molecule has 1 unspecified atom stereocenters. The van der Waals surface area contributed by atoms with Gasteiger partial charge in [0.05, 0.1) is 6.10 Å². The number of hydrogen-bond donors (Lipinski definition) is 0. The molecule has 1 aliphatic heterocycles. The third-order valence-corrected chi connectivity index (χ3v) is 8.77. The molecule has 0 aromatic heterocycles. The first-order valence-electron chi connectivity index (χ1n) is 19.8. The van der Waals surface area contributed by atoms with Gasteiger partial charge in [0.25, 0.3) is 0 Å². The normalized spacial score (nSPS) is 19.3. The van der Waals surface area contributed by atoms with Crippen LogP contribution in [0.15, 0.2) is 85.0 Å². The SMILES string of the molecule is CC.CC.CC(C)CC1CCCCO1.CC(C)Cc1ccc(C2=CCCC=C2)cc1.CC1CC(C)C1.CCc1ccc2ccccc2c1. The van der Waals surface area contributed by atoms with E-state index in [1.54, 1.807) is 0 Å². The predicted octanol–water partition coefficient (Wildman–Crippen LogP) is 14.7. The van der Waals surface area contributed by atoms with Crippen molar-refractivity contribution in [3.8, 4) is 0 Å². The molecule has 1 heterocycles. The fraction of sp³-hybridized carbons (Fsp3) is 0.574. The van der Waals surface area contributed by atoms with E-state index in [1.807, 2.05) is 27.7 Å². The van der Waals surface area contributed by atoms with Crippen molar-refractivity contribution < 1.29 is 4.74 Å². The summed E-state index contributed by atoms with van der Waals surface area (Å²) in [5, 5.41) is 2.67. The van der Waals surface area contributed by atoms with E-state index in [9.17, 15) is 0 Å². The highest BCUT2D eigenvalue weighted by Gasteiger charge is 2.19. The van der Waals surface area contributed by atoms with Gasteiger partial charge in [-0.1, -0.05) is 161 Å². The molecule has 1 heteroatoms. The Balaban J connectivity index is 0.000000322. The van der Waals surface area contributed by atoms with Crippen LogP contribution in [0.25, 0.3) is 16.3 Å². The highest BCUT2D eigenvalue weighted by atomic mass is 16.5. The number of allylic oxidation sites excluding steroid dienone is 4. The van der Waals surface area contributed by atoms with Crippen molar-refractivity contribution in [1.82, 2.24) is 0 Å². The van der Waals surface area contributed by atoms with Gasteiger partial charge in [0.2, 0.25) is 0 Å². The van der Waals surface area contributed by atoms with Crippen molar-refractivity contribution in [2.45, 2.75) is 146 Å². The molecular formula is C47H74O. The Labute approximate surface area is 298 Å². The Kier molecular flexibility index (Phi) is 23.7. The van der Waals surface area contributed by atoms with Gasteiger partial charge in [-0.15, -0.1) is 0 Å². The molecule has 268 valence electrons. The maximum Gasteiger partial charge on any atom is 0.0577 e. The van der Waals surface area contributed by atoms with Crippen LogP contribution >= 0.6 is 0 Å². The van der Waals surface area contributed by atoms with Crippen molar-refractivity contribution >= 4 is 16.3 Å². The summed E-state index contributed by atoms with van der Waals surface area (Å²) < 4.78 is 5.59. The Morgan fingerprint density at radius 3 is 1.81 bits per heavy atom. The fourth-order valence-electron chi connectivity index (χ4n) is 6.41. The summed E-state index contributed by atoms with van der Waals surface area (Å²) in [6.07, 6.45) is 20.2. The molecule has 3 aliphatic rings. The van der Waals surface area contributed by atoms with E-state index in [0.717, 1.165) is 36.7 Å². The molecule has 2 aliphatic carbocycles. The quantitative estimate of drug-likeness (QED) is 0.257. The van der Waals surface area contributed by atoms with Crippen LogP contribution in [0.5, 0.6) is 0 Å². The molecule has 3 aromatic carbocycles. The van der Waals surface area contributed by atoms with E-state index in [2.05, 4.69) is 133 Å². The lowest BCUT2D eigenvalue weighted by atomic mass is 9.78. The van der Waals surface area contributed by atoms with Gasteiger partial charge < -0.3 is 4.74 Å². The molecule has 2 fully saturated rings. The van der Waals surface area contributed by atoms with Crippen molar-refractivity contribution in [1.29, 1.82) is 0 Å². The summed E-state index contributed by atoms with van der Waals surface area (Å²) in [7, 11) is 0. The zero-order chi connectivity index (χ0) is 35.7. The first kappa shape index (κ1) is 43.4. The molecule has 3 aromatic rings. The number of hydrogen-bond acceptors (Lipinski definition) is 1. The number of aryl methyl sites for hydroxylation is 1. The highest BCUT2D eigenvalue weighted by molar-refractivity contribution is 5.83. The Hall–Kier alpha value is -2.64. The van der Waals surface area contributed by atoms with Crippen molar-refractivity contribution in [3.05, 3.63) is 102 Å². The predicted molar refractivity (Wildman–Crippen MR) is 218 cm³/mol. The lowest BCUT2D eigenvalue weighted by Crippen LogP contribution is -2.20. The second-order valence-corrected chi connectivity index (χ2v) is 14.3. The molecule has 0 amide bonds. The summed E-state index contributed by atoms with van der Waals surface area (Å²) in [5.74, 6) is 3.61. The molecular weight excluding hydrogens is 581 g/mol. The summed E-state index contributed by atoms with van der Waals surface area (Å²) in [6.45, 7) is 24.9. The number of fused-ring (bicyclic) bond motifs is 1. The van der Waals surface area contributed by atoms with Crippen LogP contribution in [0.1, 0.15) is 144 Å². The average molecular weight is 655 g/mol. The Morgan fingerprint density at radius 1 is 0.708 bits per heavy atom. The monoisotopic (exact) mass is 655 g/mol. The van der Waals surface area contributed by atoms with Crippen molar-refractivity contribution in [2.24, 2.45) is 23.7 Å². The lowest BCUT2D eigenvalue weighted by molar-refractivity contribution is 0.00419. The first-order chi connectivity index (χ1) is 23.2. The molecule has 0 spiro atoms. The number of benzene rings is 3. The molecule has 0 radical (unpaired) electrons. The molecule has 1 saturated carbocycles. The van der Waals surface area contributed by atoms with Crippen LogP contribution in [-0.4, -0.2) is 12.7 Å². The van der Waals surface area contributed by atoms with Crippen LogP contribution < -0.4 is 0 Å². The minimum atomic E-state index is 0.578. The van der Waals surface area contributed by atoms with Crippen LogP contribution in [0, 0.1) is 23.7 Å². The van der Waals surface area contributed by atoms with Crippen LogP contribution in [0.2, 0.25) is 0 Å². The maximum absolute atomic E-state index is 5.59. The summed E-state index contributed by atoms with van der Waals surface area (Å²) >= 11 is 0. The standard InChI is InChI=1S/C16H20.C12H12.C9H18O.C6H12.2C2H6/c1-13(2)12-14-8-10-16(11-9-14)15-6-4-3-5-7-15;1-2-10-7-8-11-5-3-4-6-12(11)9-10;1-8(2)7-9-5-3-4-6-10-9;1-5-3-6(2)4-5;2*1-2/h4,6-11,13H,3,5,12H2,1-2H3;3-9H,2H2,1H3;8-9H,3-7H2,1-2H3;5-6H,3-4H2,1-2H3;2*1-2H3. The lowest BCUT2D eigenvalue weighted by Gasteiger charge is -2.28. The number of rotatable bonds is 6. The highest BCUT2D eigenvalue weighted by Crippen LogP contribution is 2.31. The Bertz CT molecular complexity index is 1240. The van der Waals surface area contributed by atoms with Gasteiger partial charge in [0, 0.05) is 6.61 Å². The molecule has 0 bridgehead atoms. The van der Waals surface area contributed by atoms with Gasteiger partial charge in [-0.3, -0.25) is 0 Å². The average Bonchev–Trinajstić information content (AvgIpc) is 3.11. The summed E-state index contributed by atoms with van der Waals surface area (Å²) in [6, 6.07) is 24.1. The fourth-order valence-corrected chi connectivity index (χ4v) is 6.41. The molecule has 1 saturated heterocycles. The van der Waals surface area contributed by atoms with Gasteiger partial charge in [-0.05, 0) is 121 Å². The first-order valence-corrected chi connectivity index (χ1v) is 19.8. The largest absolute Gasteiger partial charge is 0.378 e. The van der Waals surface area contributed by atoms with Gasteiger partial charge in [0.1, 0.15) is 0 Å². The van der Waals surface area contributed by atoms with E-state index in [1.165, 1.54) is 90.8 Å². The Morgan fingerprint density at radius 2 is 1.33 bits per heavy atom. The zero-order valence-electron chi connectivity index (χ0n) is 33.2. The van der Waals surface area contributed by atoms with Crippen molar-refractivity contribution in [3.63, 3.8) is 0 Å². The molecule has 1 atom stereocenters. The second kappa shape index (κ2) is 26.3. The van der Waals surface area contributed by atoms with Gasteiger partial charge in [-0.2, -0.15) is 0 Å². The molecule has 1 nitrogen and oxygen atoms in total. The summed E-state index contributed by atoms with van der Waals surface area (Å²) in [5.41, 5.74) is 5.58. The van der Waals surface area contributed by atoms with E-state index in [4.69, 9.17) is 4.74 Å². The van der Waals surface area contributed by atoms with E-state index < -0.39 is 0 Å². The second-order valence-electron chi connectivity index (χ2n) is 14.3. The molecule has 6 rings (SSSR count). The van der Waals surface area contributed by atoms with E-state index in [-0.39, 0.29) is 0 Å². The van der Waals surface area contributed by atoms with Crippen LogP contribution in [0.4, 0.5) is 0 Å². The van der Waals surface area contributed by atoms with E-state index in [0.29, 0.717) is 6.10 Å². The third kappa shape index (κ3) is 18.2. The minimum absolute atomic E-state index is 0.578. The molecule has 48 heavy (non-hydrogen) atoms. The van der Waals surface area contributed by atoms with Crippen molar-refractivity contribution in [2.75, 3.05) is 6.61 Å². The minimum Gasteiger partial charge on any atom is -0.378 e. The van der Waals surface area contributed by atoms with Gasteiger partial charge in [0.15, 0.2) is 0 Å². The number of ether oxygens (including phenoxy) is 1. The van der Waals surface area contributed by atoms with Gasteiger partial charge in [-0.25, -0.2) is 0 Å². The maximum atomic E-state index is 5.59. The van der Waals surface area contributed by atoms with Crippen LogP contribution in [0.3, 0.4) is 0 Å². The van der Waals surface area contributed by atoms with Crippen LogP contribution in [-0.2, 0) is 17.6 Å². The summed E-state index contributed by atoms with van der Waals surface area (Å²) in [4.78, 5) is 0. The van der Waals surface area contributed by atoms with Gasteiger partial charge >= 0.3 is 0 Å². The zero-order valence-corrected chi connectivity index (χ0v) is 33.2. The smallest absolute Gasteiger partial charge is 0.0577 e. The van der Waals surface area contributed by atoms with E-state index >= 15 is 0 Å². The molecule has 0 N–H and O–H groups in total. The topological polar surface area (TPSA) is 9.23 Å². The third-order valence-electron chi connectivity index (χ3n) is 8.77.